The van der Waals surface area contributed by atoms with Gasteiger partial charge >= 0.3 is 6.09 Å². The lowest BCUT2D eigenvalue weighted by atomic mass is 10.2. The molecule has 2 aromatic rings. The lowest BCUT2D eigenvalue weighted by Crippen LogP contribution is -2.49. The molecule has 1 aliphatic rings. The Balaban J connectivity index is 1.71. The summed E-state index contributed by atoms with van der Waals surface area (Å²) >= 11 is 0. The van der Waals surface area contributed by atoms with Crippen molar-refractivity contribution < 1.29 is 18.7 Å². The van der Waals surface area contributed by atoms with E-state index < -0.39 is 11.7 Å². The second-order valence-electron chi connectivity index (χ2n) is 6.27. The van der Waals surface area contributed by atoms with Gasteiger partial charge in [-0.25, -0.2) is 19.2 Å². The van der Waals surface area contributed by atoms with Gasteiger partial charge < -0.3 is 19.9 Å². The second kappa shape index (κ2) is 8.64. The van der Waals surface area contributed by atoms with Crippen LogP contribution in [0.2, 0.25) is 0 Å². The van der Waals surface area contributed by atoms with Crippen molar-refractivity contribution in [1.29, 1.82) is 0 Å². The third-order valence-electron chi connectivity index (χ3n) is 4.31. The molecule has 1 saturated heterocycles. The summed E-state index contributed by atoms with van der Waals surface area (Å²) in [5.41, 5.74) is 0.243. The van der Waals surface area contributed by atoms with E-state index in [0.29, 0.717) is 44.4 Å². The number of nitrogens with one attached hydrogen (secondary N) is 1. The van der Waals surface area contributed by atoms with Gasteiger partial charge in [0.05, 0.1) is 12.3 Å². The molecule has 8 nitrogen and oxygen atoms in total. The molecular weight excluding hydrogens is 365 g/mol. The highest BCUT2D eigenvalue weighted by Gasteiger charge is 2.24. The highest BCUT2D eigenvalue weighted by Crippen LogP contribution is 2.18. The number of aryl methyl sites for hydroxylation is 1. The Morgan fingerprint density at radius 2 is 1.89 bits per heavy atom. The van der Waals surface area contributed by atoms with Crippen molar-refractivity contribution in [3.05, 3.63) is 47.7 Å². The summed E-state index contributed by atoms with van der Waals surface area (Å²) < 4.78 is 18.8. The number of ether oxygens (including phenoxy) is 1. The largest absolute Gasteiger partial charge is 0.450 e. The van der Waals surface area contributed by atoms with Crippen LogP contribution in [0, 0.1) is 12.7 Å². The number of nitrogens with zero attached hydrogens (tertiary/aromatic N) is 4. The molecule has 1 N–H and O–H groups in total. The Hall–Kier alpha value is -3.23. The first-order chi connectivity index (χ1) is 13.5. The molecule has 0 atom stereocenters. The van der Waals surface area contributed by atoms with Crippen LogP contribution < -0.4 is 10.2 Å². The number of carbonyl (C=O) groups is 2. The SMILES string of the molecule is CCOC(=O)N1CCN(c2cc(C(=O)Nc3ccccc3F)nc(C)n2)CC1. The first kappa shape index (κ1) is 19.5. The first-order valence-corrected chi connectivity index (χ1v) is 9.06. The van der Waals surface area contributed by atoms with E-state index in [1.54, 1.807) is 36.9 Å². The van der Waals surface area contributed by atoms with Crippen LogP contribution in [-0.4, -0.2) is 59.7 Å². The summed E-state index contributed by atoms with van der Waals surface area (Å²) in [6.07, 6.45) is -0.328. The predicted octanol–water partition coefficient (Wildman–Crippen LogP) is 2.45. The molecule has 0 saturated carbocycles. The smallest absolute Gasteiger partial charge is 0.409 e. The second-order valence-corrected chi connectivity index (χ2v) is 6.27. The van der Waals surface area contributed by atoms with E-state index in [9.17, 15) is 14.0 Å². The van der Waals surface area contributed by atoms with Gasteiger partial charge in [-0.15, -0.1) is 0 Å². The van der Waals surface area contributed by atoms with E-state index in [4.69, 9.17) is 4.74 Å². The summed E-state index contributed by atoms with van der Waals surface area (Å²) in [7, 11) is 0. The fraction of sp³-hybridized carbons (Fsp3) is 0.368. The van der Waals surface area contributed by atoms with Crippen LogP contribution in [0.4, 0.5) is 20.7 Å². The number of piperazine rings is 1. The number of anilines is 2. The van der Waals surface area contributed by atoms with Crippen LogP contribution in [0.15, 0.2) is 30.3 Å². The van der Waals surface area contributed by atoms with Gasteiger partial charge in [-0.2, -0.15) is 0 Å². The van der Waals surface area contributed by atoms with Crippen molar-refractivity contribution in [3.8, 4) is 0 Å². The molecule has 2 heterocycles. The highest BCUT2D eigenvalue weighted by atomic mass is 19.1. The molecule has 0 spiro atoms. The van der Waals surface area contributed by atoms with Crippen LogP contribution in [0.1, 0.15) is 23.2 Å². The summed E-state index contributed by atoms with van der Waals surface area (Å²) in [6, 6.07) is 7.52. The van der Waals surface area contributed by atoms with Crippen molar-refractivity contribution >= 4 is 23.5 Å². The standard InChI is InChI=1S/C19H22FN5O3/c1-3-28-19(27)25-10-8-24(9-11-25)17-12-16(21-13(2)22-17)18(26)23-15-7-5-4-6-14(15)20/h4-7,12H,3,8-11H2,1-2H3,(H,23,26). The van der Waals surface area contributed by atoms with Gasteiger partial charge in [0, 0.05) is 32.2 Å². The third kappa shape index (κ3) is 4.54. The number of amides is 2. The number of hydrogen-bond donors (Lipinski definition) is 1. The average Bonchev–Trinajstić information content (AvgIpc) is 2.69. The fourth-order valence-corrected chi connectivity index (χ4v) is 2.91. The number of halogens is 1. The Labute approximate surface area is 162 Å². The van der Waals surface area contributed by atoms with Crippen LogP contribution in [0.3, 0.4) is 0 Å². The normalized spacial score (nSPS) is 14.0. The van der Waals surface area contributed by atoms with Gasteiger partial charge in [0.1, 0.15) is 23.2 Å². The molecule has 0 unspecified atom stereocenters. The maximum Gasteiger partial charge on any atom is 0.409 e. The summed E-state index contributed by atoms with van der Waals surface area (Å²) in [5.74, 6) is -0.00218. The number of para-hydroxylation sites is 1. The molecule has 0 radical (unpaired) electrons. The molecule has 1 fully saturated rings. The quantitative estimate of drug-likeness (QED) is 0.867. The minimum atomic E-state index is -0.517. The lowest BCUT2D eigenvalue weighted by molar-refractivity contribution is 0.102. The van der Waals surface area contributed by atoms with E-state index in [-0.39, 0.29) is 17.5 Å². The summed E-state index contributed by atoms with van der Waals surface area (Å²) in [5, 5.41) is 2.53. The number of rotatable bonds is 4. The van der Waals surface area contributed by atoms with E-state index in [1.807, 2.05) is 4.90 Å². The van der Waals surface area contributed by atoms with Crippen LogP contribution in [0.25, 0.3) is 0 Å². The lowest BCUT2D eigenvalue weighted by Gasteiger charge is -2.34. The first-order valence-electron chi connectivity index (χ1n) is 9.06. The molecule has 0 bridgehead atoms. The third-order valence-corrected chi connectivity index (χ3v) is 4.31. The van der Waals surface area contributed by atoms with Gasteiger partial charge in [-0.3, -0.25) is 4.79 Å². The van der Waals surface area contributed by atoms with E-state index >= 15 is 0 Å². The Morgan fingerprint density at radius 1 is 1.18 bits per heavy atom. The van der Waals surface area contributed by atoms with Gasteiger partial charge in [0.2, 0.25) is 0 Å². The maximum atomic E-state index is 13.8. The average molecular weight is 387 g/mol. The van der Waals surface area contributed by atoms with Crippen molar-refractivity contribution in [2.24, 2.45) is 0 Å². The molecule has 148 valence electrons. The molecule has 1 aromatic heterocycles. The van der Waals surface area contributed by atoms with Crippen molar-refractivity contribution in [3.63, 3.8) is 0 Å². The molecule has 28 heavy (non-hydrogen) atoms. The zero-order valence-electron chi connectivity index (χ0n) is 15.8. The maximum absolute atomic E-state index is 13.8. The zero-order valence-corrected chi connectivity index (χ0v) is 15.8. The van der Waals surface area contributed by atoms with E-state index in [0.717, 1.165) is 0 Å². The summed E-state index contributed by atoms with van der Waals surface area (Å²) in [4.78, 5) is 36.5. The van der Waals surface area contributed by atoms with E-state index in [1.165, 1.54) is 12.1 Å². The van der Waals surface area contributed by atoms with Crippen molar-refractivity contribution in [2.45, 2.75) is 13.8 Å². The monoisotopic (exact) mass is 387 g/mol. The van der Waals surface area contributed by atoms with Crippen molar-refractivity contribution in [1.82, 2.24) is 14.9 Å². The minimum Gasteiger partial charge on any atom is -0.450 e. The fourth-order valence-electron chi connectivity index (χ4n) is 2.91. The molecule has 2 amide bonds. The highest BCUT2D eigenvalue weighted by molar-refractivity contribution is 6.03. The molecule has 1 aliphatic heterocycles. The Bertz CT molecular complexity index is 868. The van der Waals surface area contributed by atoms with Gasteiger partial charge in [0.25, 0.3) is 5.91 Å². The molecule has 0 aliphatic carbocycles. The van der Waals surface area contributed by atoms with Gasteiger partial charge in [-0.05, 0) is 26.0 Å². The van der Waals surface area contributed by atoms with Crippen molar-refractivity contribution in [2.75, 3.05) is 43.0 Å². The minimum absolute atomic E-state index is 0.0911. The topological polar surface area (TPSA) is 87.7 Å². The van der Waals surface area contributed by atoms with Crippen LogP contribution in [-0.2, 0) is 4.74 Å². The van der Waals surface area contributed by atoms with Crippen LogP contribution >= 0.6 is 0 Å². The number of carbonyl (C=O) groups excluding carboxylic acids is 2. The molecule has 1 aromatic carbocycles. The molecular formula is C19H22FN5O3. The van der Waals surface area contributed by atoms with Gasteiger partial charge in [-0.1, -0.05) is 12.1 Å². The number of benzene rings is 1. The molecule has 3 rings (SSSR count). The molecule has 9 heteroatoms. The zero-order chi connectivity index (χ0) is 20.1. The number of aromatic nitrogens is 2. The Morgan fingerprint density at radius 3 is 2.57 bits per heavy atom. The summed E-state index contributed by atoms with van der Waals surface area (Å²) in [6.45, 7) is 5.92. The Kier molecular flexibility index (Phi) is 6.03. The predicted molar refractivity (Wildman–Crippen MR) is 102 cm³/mol. The van der Waals surface area contributed by atoms with Crippen LogP contribution in [0.5, 0.6) is 0 Å². The van der Waals surface area contributed by atoms with E-state index in [2.05, 4.69) is 15.3 Å². The van der Waals surface area contributed by atoms with Gasteiger partial charge in [0.15, 0.2) is 0 Å². The number of hydrogen-bond acceptors (Lipinski definition) is 6.